The van der Waals surface area contributed by atoms with Crippen LogP contribution in [0.15, 0.2) is 4.47 Å². The van der Waals surface area contributed by atoms with Gasteiger partial charge in [0.05, 0.1) is 16.2 Å². The summed E-state index contributed by atoms with van der Waals surface area (Å²) in [7, 11) is 0. The Balaban J connectivity index is 1.87. The molecule has 0 spiro atoms. The predicted octanol–water partition coefficient (Wildman–Crippen LogP) is 2.04. The van der Waals surface area contributed by atoms with Crippen molar-refractivity contribution in [3.63, 3.8) is 0 Å². The molecule has 110 valence electrons. The lowest BCUT2D eigenvalue weighted by molar-refractivity contribution is 0.00863. The van der Waals surface area contributed by atoms with Crippen LogP contribution in [0.4, 0.5) is 5.82 Å². The minimum Gasteiger partial charge on any atom is -0.369 e. The van der Waals surface area contributed by atoms with Crippen LogP contribution in [0.3, 0.4) is 0 Å². The van der Waals surface area contributed by atoms with Gasteiger partial charge in [-0.25, -0.2) is 9.97 Å². The monoisotopic (exact) mass is 339 g/mol. The van der Waals surface area contributed by atoms with E-state index in [9.17, 15) is 0 Å². The van der Waals surface area contributed by atoms with E-state index in [0.29, 0.717) is 6.04 Å². The van der Waals surface area contributed by atoms with Crippen LogP contribution in [0.1, 0.15) is 30.9 Å². The molecule has 0 aromatic carbocycles. The highest BCUT2D eigenvalue weighted by Gasteiger charge is 2.34. The van der Waals surface area contributed by atoms with Gasteiger partial charge in [-0.1, -0.05) is 6.92 Å². The molecule has 0 amide bonds. The molecule has 2 bridgehead atoms. The van der Waals surface area contributed by atoms with Gasteiger partial charge in [0.2, 0.25) is 0 Å². The van der Waals surface area contributed by atoms with Gasteiger partial charge in [0.25, 0.3) is 0 Å². The van der Waals surface area contributed by atoms with Crippen LogP contribution in [0.5, 0.6) is 0 Å². The summed E-state index contributed by atoms with van der Waals surface area (Å²) in [6, 6.07) is 0.353. The van der Waals surface area contributed by atoms with Crippen molar-refractivity contribution in [2.75, 3.05) is 44.6 Å². The fourth-order valence-electron chi connectivity index (χ4n) is 2.95. The van der Waals surface area contributed by atoms with Crippen LogP contribution in [-0.2, 0) is 0 Å². The first-order chi connectivity index (χ1) is 9.69. The first-order valence-electron chi connectivity index (χ1n) is 7.43. The van der Waals surface area contributed by atoms with Gasteiger partial charge in [-0.05, 0) is 29.3 Å². The predicted molar refractivity (Wildman–Crippen MR) is 84.0 cm³/mol. The zero-order valence-corrected chi connectivity index (χ0v) is 13.8. The molecule has 3 aliphatic rings. The number of nitrogens with one attached hydrogen (secondary N) is 1. The highest BCUT2D eigenvalue weighted by Crippen LogP contribution is 2.30. The fraction of sp³-hybridized carbons (Fsp3) is 0.714. The SMILES string of the molecule is CCCNc1nc(C2CN3CCN2CC3)nc(C)c1Br. The van der Waals surface area contributed by atoms with Crippen LogP contribution in [0.2, 0.25) is 0 Å². The molecule has 1 atom stereocenters. The molecule has 3 saturated heterocycles. The van der Waals surface area contributed by atoms with E-state index >= 15 is 0 Å². The summed E-state index contributed by atoms with van der Waals surface area (Å²) in [6.07, 6.45) is 1.09. The topological polar surface area (TPSA) is 44.3 Å². The van der Waals surface area contributed by atoms with Gasteiger partial charge in [0, 0.05) is 39.3 Å². The molecule has 1 N–H and O–H groups in total. The normalized spacial score (nSPS) is 28.6. The highest BCUT2D eigenvalue weighted by molar-refractivity contribution is 9.10. The lowest BCUT2D eigenvalue weighted by atomic mass is 10.1. The second kappa shape index (κ2) is 5.95. The summed E-state index contributed by atoms with van der Waals surface area (Å²) in [4.78, 5) is 14.5. The van der Waals surface area contributed by atoms with Gasteiger partial charge in [0.15, 0.2) is 0 Å². The minimum atomic E-state index is 0.353. The summed E-state index contributed by atoms with van der Waals surface area (Å²) in [6.45, 7) is 10.9. The molecule has 4 heterocycles. The molecule has 6 heteroatoms. The number of aromatic nitrogens is 2. The Bertz CT molecular complexity index is 485. The van der Waals surface area contributed by atoms with Crippen LogP contribution in [0, 0.1) is 6.92 Å². The smallest absolute Gasteiger partial charge is 0.149 e. The maximum Gasteiger partial charge on any atom is 0.149 e. The molecule has 3 fully saturated rings. The number of halogens is 1. The third-order valence-electron chi connectivity index (χ3n) is 4.15. The molecular weight excluding hydrogens is 318 g/mol. The molecular formula is C14H22BrN5. The number of rotatable bonds is 4. The summed E-state index contributed by atoms with van der Waals surface area (Å²) in [5.41, 5.74) is 1.02. The van der Waals surface area contributed by atoms with Crippen molar-refractivity contribution in [1.82, 2.24) is 19.8 Å². The molecule has 5 nitrogen and oxygen atoms in total. The van der Waals surface area contributed by atoms with Crippen molar-refractivity contribution >= 4 is 21.7 Å². The Morgan fingerprint density at radius 2 is 2.00 bits per heavy atom. The summed E-state index contributed by atoms with van der Waals surface area (Å²) >= 11 is 3.60. The van der Waals surface area contributed by atoms with E-state index in [0.717, 1.165) is 54.4 Å². The number of anilines is 1. The van der Waals surface area contributed by atoms with Gasteiger partial charge in [-0.3, -0.25) is 9.80 Å². The van der Waals surface area contributed by atoms with Gasteiger partial charge in [-0.15, -0.1) is 0 Å². The first kappa shape index (κ1) is 14.2. The van der Waals surface area contributed by atoms with Crippen LogP contribution in [0.25, 0.3) is 0 Å². The van der Waals surface area contributed by atoms with Crippen molar-refractivity contribution in [3.8, 4) is 0 Å². The van der Waals surface area contributed by atoms with Crippen LogP contribution >= 0.6 is 15.9 Å². The largest absolute Gasteiger partial charge is 0.369 e. The van der Waals surface area contributed by atoms with Crippen LogP contribution < -0.4 is 5.32 Å². The Morgan fingerprint density at radius 3 is 2.60 bits per heavy atom. The molecule has 1 aromatic rings. The maximum absolute atomic E-state index is 4.78. The number of aryl methyl sites for hydroxylation is 1. The van der Waals surface area contributed by atoms with Gasteiger partial charge in [0.1, 0.15) is 11.6 Å². The number of fused-ring (bicyclic) bond motifs is 3. The van der Waals surface area contributed by atoms with E-state index in [1.807, 2.05) is 6.92 Å². The molecule has 20 heavy (non-hydrogen) atoms. The van der Waals surface area contributed by atoms with E-state index in [1.54, 1.807) is 0 Å². The summed E-state index contributed by atoms with van der Waals surface area (Å²) in [5.74, 6) is 1.90. The lowest BCUT2D eigenvalue weighted by Crippen LogP contribution is -2.57. The molecule has 4 rings (SSSR count). The number of nitrogens with zero attached hydrogens (tertiary/aromatic N) is 4. The summed E-state index contributed by atoms with van der Waals surface area (Å²) in [5, 5.41) is 3.40. The Hall–Kier alpha value is -0.720. The van der Waals surface area contributed by atoms with E-state index < -0.39 is 0 Å². The molecule has 1 aromatic heterocycles. The average molecular weight is 340 g/mol. The third kappa shape index (κ3) is 2.69. The molecule has 0 radical (unpaired) electrons. The van der Waals surface area contributed by atoms with Crippen LogP contribution in [-0.4, -0.2) is 59.0 Å². The molecule has 1 unspecified atom stereocenters. The summed E-state index contributed by atoms with van der Waals surface area (Å²) < 4.78 is 0.992. The quantitative estimate of drug-likeness (QED) is 0.909. The first-order valence-corrected chi connectivity index (χ1v) is 8.22. The van der Waals surface area contributed by atoms with Crippen molar-refractivity contribution in [1.29, 1.82) is 0 Å². The lowest BCUT2D eigenvalue weighted by Gasteiger charge is -2.46. The molecule has 0 saturated carbocycles. The minimum absolute atomic E-state index is 0.353. The van der Waals surface area contributed by atoms with Gasteiger partial charge < -0.3 is 5.32 Å². The maximum atomic E-state index is 4.78. The zero-order chi connectivity index (χ0) is 14.1. The third-order valence-corrected chi connectivity index (χ3v) is 5.10. The van der Waals surface area contributed by atoms with Crippen molar-refractivity contribution in [3.05, 3.63) is 16.0 Å². The van der Waals surface area contributed by atoms with Gasteiger partial charge in [-0.2, -0.15) is 0 Å². The van der Waals surface area contributed by atoms with Crippen molar-refractivity contribution < 1.29 is 0 Å². The van der Waals surface area contributed by atoms with Crippen molar-refractivity contribution in [2.24, 2.45) is 0 Å². The Morgan fingerprint density at radius 1 is 1.25 bits per heavy atom. The number of hydrogen-bond donors (Lipinski definition) is 1. The molecule has 0 aliphatic carbocycles. The van der Waals surface area contributed by atoms with E-state index in [4.69, 9.17) is 9.97 Å². The highest BCUT2D eigenvalue weighted by atomic mass is 79.9. The van der Waals surface area contributed by atoms with Gasteiger partial charge >= 0.3 is 0 Å². The number of hydrogen-bond acceptors (Lipinski definition) is 5. The van der Waals surface area contributed by atoms with Crippen molar-refractivity contribution in [2.45, 2.75) is 26.3 Å². The van der Waals surface area contributed by atoms with E-state index in [-0.39, 0.29) is 0 Å². The Kier molecular flexibility index (Phi) is 4.23. The standard InChI is InChI=1S/C14H22BrN5/c1-3-4-16-14-12(15)10(2)17-13(18-14)11-9-19-5-7-20(11)8-6-19/h11H,3-9H2,1-2H3,(H,16,17,18). The second-order valence-corrected chi connectivity index (χ2v) is 6.40. The zero-order valence-electron chi connectivity index (χ0n) is 12.2. The van der Waals surface area contributed by atoms with E-state index in [1.165, 1.54) is 13.1 Å². The molecule has 3 aliphatic heterocycles. The fourth-order valence-corrected chi connectivity index (χ4v) is 3.27. The average Bonchev–Trinajstić information content (AvgIpc) is 2.49. The Labute approximate surface area is 128 Å². The number of piperazine rings is 3. The van der Waals surface area contributed by atoms with E-state index in [2.05, 4.69) is 38.0 Å². The second-order valence-electron chi connectivity index (χ2n) is 5.61.